The first-order valence-corrected chi connectivity index (χ1v) is 7.74. The minimum absolute atomic E-state index is 0.649. The van der Waals surface area contributed by atoms with Gasteiger partial charge in [0.15, 0.2) is 0 Å². The molecule has 0 aliphatic rings. The predicted octanol–water partition coefficient (Wildman–Crippen LogP) is 3.46. The maximum Gasteiger partial charge on any atom is 0.253 e. The first-order valence-electron chi connectivity index (χ1n) is 7.01. The van der Waals surface area contributed by atoms with Crippen molar-refractivity contribution in [1.82, 2.24) is 13.6 Å². The molecule has 1 aromatic heterocycles. The molecule has 4 nitrogen and oxygen atoms in total. The summed E-state index contributed by atoms with van der Waals surface area (Å²) in [5.74, 6) is 0.649. The van der Waals surface area contributed by atoms with E-state index in [1.807, 2.05) is 0 Å². The molecule has 0 fully saturated rings. The molecule has 1 aromatic rings. The van der Waals surface area contributed by atoms with Crippen molar-refractivity contribution in [3.63, 3.8) is 0 Å². The summed E-state index contributed by atoms with van der Waals surface area (Å²) in [6.07, 6.45) is 4.79. The van der Waals surface area contributed by atoms with Crippen LogP contribution >= 0.6 is 11.7 Å². The van der Waals surface area contributed by atoms with E-state index in [1.165, 1.54) is 31.0 Å². The molecule has 0 spiro atoms. The Balaban J connectivity index is 2.43. The fourth-order valence-corrected chi connectivity index (χ4v) is 2.24. The van der Waals surface area contributed by atoms with Crippen LogP contribution in [-0.2, 0) is 0 Å². The molecule has 1 heterocycles. The molecule has 0 amide bonds. The first-order chi connectivity index (χ1) is 9.19. The van der Waals surface area contributed by atoms with Gasteiger partial charge in [0.2, 0.25) is 0 Å². The van der Waals surface area contributed by atoms with Gasteiger partial charge in [-0.2, -0.15) is 4.37 Å². The number of rotatable bonds is 10. The molecule has 19 heavy (non-hydrogen) atoms. The highest BCUT2D eigenvalue weighted by Gasteiger charge is 2.13. The Bertz CT molecular complexity index is 379. The lowest BCUT2D eigenvalue weighted by atomic mass is 10.2. The molecule has 0 saturated heterocycles. The van der Waals surface area contributed by atoms with Crippen molar-refractivity contribution in [2.75, 3.05) is 26.7 Å². The van der Waals surface area contributed by atoms with E-state index in [-0.39, 0.29) is 0 Å². The van der Waals surface area contributed by atoms with E-state index in [4.69, 9.17) is 4.74 Å². The summed E-state index contributed by atoms with van der Waals surface area (Å²) in [4.78, 5) is 2.19. The molecule has 5 heteroatoms. The number of hydrogen-bond acceptors (Lipinski definition) is 5. The van der Waals surface area contributed by atoms with Gasteiger partial charge >= 0.3 is 0 Å². The summed E-state index contributed by atoms with van der Waals surface area (Å²) >= 11 is 1.19. The third-order valence-corrected chi connectivity index (χ3v) is 3.54. The monoisotopic (exact) mass is 283 g/mol. The molecular formula is C14H25N3OS. The Labute approximate surface area is 120 Å². The largest absolute Gasteiger partial charge is 0.475 e. The fourth-order valence-electron chi connectivity index (χ4n) is 1.70. The maximum absolute atomic E-state index is 5.72. The average molecular weight is 283 g/mol. The van der Waals surface area contributed by atoms with Crippen LogP contribution in [0.2, 0.25) is 0 Å². The second-order valence-corrected chi connectivity index (χ2v) is 5.29. The minimum Gasteiger partial charge on any atom is -0.475 e. The molecule has 0 saturated carbocycles. The maximum atomic E-state index is 5.72. The normalized spacial score (nSPS) is 10.9. The van der Waals surface area contributed by atoms with Gasteiger partial charge in [0.05, 0.1) is 18.3 Å². The van der Waals surface area contributed by atoms with Gasteiger partial charge in [0, 0.05) is 6.54 Å². The lowest BCUT2D eigenvalue weighted by Gasteiger charge is -2.14. The van der Waals surface area contributed by atoms with Crippen LogP contribution in [0.15, 0.2) is 6.58 Å². The van der Waals surface area contributed by atoms with Crippen molar-refractivity contribution in [3.05, 3.63) is 12.3 Å². The third-order valence-electron chi connectivity index (χ3n) is 3.03. The van der Waals surface area contributed by atoms with E-state index in [1.54, 1.807) is 0 Å². The van der Waals surface area contributed by atoms with E-state index in [2.05, 4.69) is 41.1 Å². The van der Waals surface area contributed by atoms with Crippen molar-refractivity contribution >= 4 is 17.3 Å². The number of aromatic nitrogens is 2. The molecule has 0 aromatic carbocycles. The minimum atomic E-state index is 0.649. The molecule has 0 unspecified atom stereocenters. The van der Waals surface area contributed by atoms with Crippen LogP contribution in [-0.4, -0.2) is 40.4 Å². The zero-order valence-electron chi connectivity index (χ0n) is 12.3. The Morgan fingerprint density at radius 2 is 2.05 bits per heavy atom. The Morgan fingerprint density at radius 3 is 2.74 bits per heavy atom. The topological polar surface area (TPSA) is 38.2 Å². The predicted molar refractivity (Wildman–Crippen MR) is 81.8 cm³/mol. The van der Waals surface area contributed by atoms with E-state index in [0.717, 1.165) is 37.4 Å². The Hall–Kier alpha value is -0.940. The van der Waals surface area contributed by atoms with Crippen LogP contribution in [0.5, 0.6) is 5.88 Å². The highest BCUT2D eigenvalue weighted by molar-refractivity contribution is 6.99. The summed E-state index contributed by atoms with van der Waals surface area (Å²) < 4.78 is 14.2. The summed E-state index contributed by atoms with van der Waals surface area (Å²) in [6, 6.07) is 0. The molecule has 0 aliphatic carbocycles. The van der Waals surface area contributed by atoms with Crippen molar-refractivity contribution in [3.8, 4) is 5.88 Å². The number of unbranched alkanes of at least 4 members (excludes halogenated alkanes) is 3. The van der Waals surface area contributed by atoms with Gasteiger partial charge in [-0.3, -0.25) is 0 Å². The van der Waals surface area contributed by atoms with Gasteiger partial charge in [-0.05, 0) is 25.6 Å². The first kappa shape index (κ1) is 16.1. The van der Waals surface area contributed by atoms with Crippen molar-refractivity contribution in [2.24, 2.45) is 0 Å². The fraction of sp³-hybridized carbons (Fsp3) is 0.714. The molecule has 0 bridgehead atoms. The van der Waals surface area contributed by atoms with Crippen LogP contribution in [0, 0.1) is 0 Å². The number of likely N-dealkylation sites (N-methyl/N-ethyl adjacent to an activating group) is 1. The third kappa shape index (κ3) is 5.70. The number of hydrogen-bond donors (Lipinski definition) is 0. The smallest absolute Gasteiger partial charge is 0.253 e. The average Bonchev–Trinajstić information content (AvgIpc) is 2.86. The lowest BCUT2D eigenvalue weighted by Crippen LogP contribution is -2.19. The van der Waals surface area contributed by atoms with Gasteiger partial charge in [-0.15, -0.1) is 4.37 Å². The van der Waals surface area contributed by atoms with Crippen LogP contribution < -0.4 is 4.74 Å². The van der Waals surface area contributed by atoms with Gasteiger partial charge in [0.25, 0.3) is 5.88 Å². The van der Waals surface area contributed by atoms with Gasteiger partial charge in [-0.25, -0.2) is 0 Å². The van der Waals surface area contributed by atoms with Crippen LogP contribution in [0.3, 0.4) is 0 Å². The van der Waals surface area contributed by atoms with Crippen molar-refractivity contribution < 1.29 is 4.74 Å². The summed E-state index contributed by atoms with van der Waals surface area (Å²) in [5.41, 5.74) is 1.79. The van der Waals surface area contributed by atoms with E-state index in [0.29, 0.717) is 5.88 Å². The Kier molecular flexibility index (Phi) is 7.67. The highest BCUT2D eigenvalue weighted by atomic mass is 32.1. The van der Waals surface area contributed by atoms with Crippen molar-refractivity contribution in [1.29, 1.82) is 0 Å². The van der Waals surface area contributed by atoms with Gasteiger partial charge < -0.3 is 9.64 Å². The summed E-state index contributed by atoms with van der Waals surface area (Å²) in [6.45, 7) is 10.9. The van der Waals surface area contributed by atoms with Crippen LogP contribution in [0.25, 0.3) is 5.57 Å². The quantitative estimate of drug-likeness (QED) is 0.616. The van der Waals surface area contributed by atoms with E-state index < -0.39 is 0 Å². The summed E-state index contributed by atoms with van der Waals surface area (Å²) in [5, 5.41) is 0. The molecule has 0 atom stereocenters. The molecular weight excluding hydrogens is 258 g/mol. The molecule has 0 radical (unpaired) electrons. The highest BCUT2D eigenvalue weighted by Crippen LogP contribution is 2.23. The molecule has 0 N–H and O–H groups in total. The number of nitrogens with zero attached hydrogens (tertiary/aromatic N) is 3. The molecule has 0 aliphatic heterocycles. The van der Waals surface area contributed by atoms with E-state index >= 15 is 0 Å². The molecule has 1 rings (SSSR count). The second kappa shape index (κ2) is 9.04. The van der Waals surface area contributed by atoms with Gasteiger partial charge in [-0.1, -0.05) is 39.7 Å². The Morgan fingerprint density at radius 1 is 1.26 bits per heavy atom. The zero-order valence-corrected chi connectivity index (χ0v) is 13.1. The second-order valence-electron chi connectivity index (χ2n) is 4.76. The van der Waals surface area contributed by atoms with E-state index in [9.17, 15) is 0 Å². The zero-order chi connectivity index (χ0) is 14.1. The van der Waals surface area contributed by atoms with Crippen molar-refractivity contribution in [2.45, 2.75) is 39.5 Å². The molecule has 108 valence electrons. The number of ether oxygens (including phenoxy) is 1. The standard InChI is InChI=1S/C14H25N3OS/c1-5-7-8-9-10-18-14-13(15-19-16-14)12(3)11-17(4)6-2/h3,5-11H2,1-2,4H3. The van der Waals surface area contributed by atoms with Crippen LogP contribution in [0.4, 0.5) is 0 Å². The van der Waals surface area contributed by atoms with Gasteiger partial charge in [0.1, 0.15) is 5.69 Å². The SMILES string of the molecule is C=C(CN(C)CC)c1nsnc1OCCCCCC. The lowest BCUT2D eigenvalue weighted by molar-refractivity contribution is 0.295. The summed E-state index contributed by atoms with van der Waals surface area (Å²) in [7, 11) is 2.07. The van der Waals surface area contributed by atoms with Crippen LogP contribution in [0.1, 0.15) is 45.2 Å².